The van der Waals surface area contributed by atoms with Crippen molar-refractivity contribution in [3.05, 3.63) is 60.7 Å². The third-order valence-electron chi connectivity index (χ3n) is 3.90. The van der Waals surface area contributed by atoms with Gasteiger partial charge in [0.2, 0.25) is 0 Å². The third kappa shape index (κ3) is 3.22. The van der Waals surface area contributed by atoms with Crippen LogP contribution in [-0.4, -0.2) is 34.9 Å². The summed E-state index contributed by atoms with van der Waals surface area (Å²) in [4.78, 5) is 7.95. The molecule has 0 amide bonds. The number of hydrogen-bond donors (Lipinski definition) is 0. The van der Waals surface area contributed by atoms with E-state index in [0.717, 1.165) is 4.57 Å². The molecule has 0 aliphatic heterocycles. The fourth-order valence-corrected chi connectivity index (χ4v) is 2.84. The molecule has 0 fully saturated rings. The molecule has 2 heterocycles. The molecule has 3 rings (SSSR count). The van der Waals surface area contributed by atoms with Crippen molar-refractivity contribution < 1.29 is 22.6 Å². The van der Waals surface area contributed by atoms with Gasteiger partial charge in [0.25, 0.3) is 0 Å². The summed E-state index contributed by atoms with van der Waals surface area (Å²) in [6.45, 7) is 0. The minimum Gasteiger partial charge on any atom is -0.493 e. The average molecular weight is 363 g/mol. The lowest BCUT2D eigenvalue weighted by Crippen LogP contribution is -2.28. The predicted molar refractivity (Wildman–Crippen MR) is 89.2 cm³/mol. The van der Waals surface area contributed by atoms with Crippen LogP contribution in [0.5, 0.6) is 11.5 Å². The van der Waals surface area contributed by atoms with E-state index in [9.17, 15) is 13.2 Å². The van der Waals surface area contributed by atoms with Gasteiger partial charge < -0.3 is 14.0 Å². The number of aromatic nitrogens is 3. The summed E-state index contributed by atoms with van der Waals surface area (Å²) in [5.74, 6) is 0.839. The van der Waals surface area contributed by atoms with E-state index in [-0.39, 0.29) is 11.4 Å². The van der Waals surface area contributed by atoms with Crippen LogP contribution < -0.4 is 9.47 Å². The Labute approximate surface area is 148 Å². The standard InChI is InChI=1S/C18H16F3N3O2/c1-25-14-7-3-6-13(15(14)26-2)17-23-9-10-24(17)16(18(19,20)21)12-5-4-8-22-11-12/h3-11,16H,1-2H3/t16-/m0/s1. The topological polar surface area (TPSA) is 49.2 Å². The normalized spacial score (nSPS) is 12.7. The van der Waals surface area contributed by atoms with Crippen molar-refractivity contribution >= 4 is 0 Å². The van der Waals surface area contributed by atoms with Crippen molar-refractivity contribution in [3.8, 4) is 22.9 Å². The summed E-state index contributed by atoms with van der Waals surface area (Å²) < 4.78 is 53.2. The fraction of sp³-hybridized carbons (Fsp3) is 0.222. The van der Waals surface area contributed by atoms with Crippen LogP contribution in [0.3, 0.4) is 0 Å². The first kappa shape index (κ1) is 17.8. The van der Waals surface area contributed by atoms with Gasteiger partial charge in [-0.25, -0.2) is 4.98 Å². The zero-order chi connectivity index (χ0) is 18.7. The monoisotopic (exact) mass is 363 g/mol. The summed E-state index contributed by atoms with van der Waals surface area (Å²) in [6.07, 6.45) is 0.703. The van der Waals surface area contributed by atoms with Crippen molar-refractivity contribution in [1.29, 1.82) is 0 Å². The molecule has 136 valence electrons. The number of nitrogens with zero attached hydrogens (tertiary/aromatic N) is 3. The number of alkyl halides is 3. The molecule has 0 bridgehead atoms. The van der Waals surface area contributed by atoms with Crippen LogP contribution in [-0.2, 0) is 0 Å². The van der Waals surface area contributed by atoms with Crippen LogP contribution in [0.1, 0.15) is 11.6 Å². The van der Waals surface area contributed by atoms with Gasteiger partial charge in [0.1, 0.15) is 5.82 Å². The minimum absolute atomic E-state index is 0.0149. The van der Waals surface area contributed by atoms with Crippen molar-refractivity contribution in [3.63, 3.8) is 0 Å². The lowest BCUT2D eigenvalue weighted by atomic mass is 10.1. The highest BCUT2D eigenvalue weighted by atomic mass is 19.4. The number of imidazole rings is 1. The van der Waals surface area contributed by atoms with E-state index in [0.29, 0.717) is 17.1 Å². The Hall–Kier alpha value is -3.03. The smallest absolute Gasteiger partial charge is 0.413 e. The number of pyridine rings is 1. The molecule has 0 saturated heterocycles. The number of benzene rings is 1. The molecule has 0 N–H and O–H groups in total. The molecule has 1 aromatic carbocycles. The van der Waals surface area contributed by atoms with E-state index in [2.05, 4.69) is 9.97 Å². The van der Waals surface area contributed by atoms with Gasteiger partial charge in [-0.15, -0.1) is 0 Å². The van der Waals surface area contributed by atoms with E-state index in [1.807, 2.05) is 0 Å². The molecule has 26 heavy (non-hydrogen) atoms. The number of hydrogen-bond acceptors (Lipinski definition) is 4. The molecule has 8 heteroatoms. The maximum Gasteiger partial charge on any atom is 0.413 e. The molecule has 0 spiro atoms. The van der Waals surface area contributed by atoms with Crippen molar-refractivity contribution in [2.75, 3.05) is 14.2 Å². The van der Waals surface area contributed by atoms with E-state index >= 15 is 0 Å². The molecule has 3 aromatic rings. The van der Waals surface area contributed by atoms with Crippen molar-refractivity contribution in [2.24, 2.45) is 0 Å². The zero-order valence-electron chi connectivity index (χ0n) is 14.1. The molecule has 5 nitrogen and oxygen atoms in total. The lowest BCUT2D eigenvalue weighted by molar-refractivity contribution is -0.156. The zero-order valence-corrected chi connectivity index (χ0v) is 14.1. The summed E-state index contributed by atoms with van der Waals surface area (Å²) in [6, 6.07) is 5.90. The number of rotatable bonds is 5. The average Bonchev–Trinajstić information content (AvgIpc) is 3.09. The van der Waals surface area contributed by atoms with E-state index < -0.39 is 12.2 Å². The Bertz CT molecular complexity index is 879. The molecule has 0 aliphatic carbocycles. The van der Waals surface area contributed by atoms with Gasteiger partial charge in [-0.2, -0.15) is 13.2 Å². The maximum absolute atomic E-state index is 13.9. The van der Waals surface area contributed by atoms with Gasteiger partial charge >= 0.3 is 6.18 Å². The number of methoxy groups -OCH3 is 2. The first-order valence-electron chi connectivity index (χ1n) is 7.68. The van der Waals surface area contributed by atoms with Crippen LogP contribution in [0.4, 0.5) is 13.2 Å². The second-order valence-electron chi connectivity index (χ2n) is 5.43. The predicted octanol–water partition coefficient (Wildman–Crippen LogP) is 4.11. The van der Waals surface area contributed by atoms with Crippen molar-refractivity contribution in [1.82, 2.24) is 14.5 Å². The number of ether oxygens (including phenoxy) is 2. The van der Waals surface area contributed by atoms with Crippen LogP contribution in [0.15, 0.2) is 55.1 Å². The van der Waals surface area contributed by atoms with Gasteiger partial charge in [-0.3, -0.25) is 4.98 Å². The highest BCUT2D eigenvalue weighted by molar-refractivity contribution is 5.69. The highest BCUT2D eigenvalue weighted by Crippen LogP contribution is 2.42. The lowest BCUT2D eigenvalue weighted by Gasteiger charge is -2.24. The third-order valence-corrected chi connectivity index (χ3v) is 3.90. The second kappa shape index (κ2) is 7.07. The van der Waals surface area contributed by atoms with E-state index in [1.54, 1.807) is 18.2 Å². The maximum atomic E-state index is 13.9. The fourth-order valence-electron chi connectivity index (χ4n) is 2.84. The molecule has 0 saturated carbocycles. The molecule has 2 aromatic heterocycles. The van der Waals surface area contributed by atoms with Gasteiger partial charge in [0, 0.05) is 30.4 Å². The summed E-state index contributed by atoms with van der Waals surface area (Å²) >= 11 is 0. The Balaban J connectivity index is 2.19. The highest BCUT2D eigenvalue weighted by Gasteiger charge is 2.43. The Morgan fingerprint density at radius 3 is 2.46 bits per heavy atom. The first-order valence-corrected chi connectivity index (χ1v) is 7.68. The van der Waals surface area contributed by atoms with Gasteiger partial charge in [0.05, 0.1) is 19.8 Å². The molecule has 0 radical (unpaired) electrons. The second-order valence-corrected chi connectivity index (χ2v) is 5.43. The van der Waals surface area contributed by atoms with Gasteiger partial charge in [-0.05, 0) is 18.2 Å². The summed E-state index contributed by atoms with van der Waals surface area (Å²) in [5.41, 5.74) is 0.413. The van der Waals surface area contributed by atoms with E-state index in [4.69, 9.17) is 9.47 Å². The minimum atomic E-state index is -4.54. The van der Waals surface area contributed by atoms with Crippen LogP contribution in [0, 0.1) is 0 Å². The first-order chi connectivity index (χ1) is 12.5. The Morgan fingerprint density at radius 2 is 1.85 bits per heavy atom. The Morgan fingerprint density at radius 1 is 1.04 bits per heavy atom. The summed E-state index contributed by atoms with van der Waals surface area (Å²) in [5, 5.41) is 0. The molecular weight excluding hydrogens is 347 g/mol. The molecule has 0 aliphatic rings. The molecule has 0 unspecified atom stereocenters. The molecular formula is C18H16F3N3O2. The van der Waals surface area contributed by atoms with Gasteiger partial charge in [-0.1, -0.05) is 12.1 Å². The largest absolute Gasteiger partial charge is 0.493 e. The SMILES string of the molecule is COc1cccc(-c2nccn2[C@@H](c2cccnc2)C(F)(F)F)c1OC. The summed E-state index contributed by atoms with van der Waals surface area (Å²) in [7, 11) is 2.89. The van der Waals surface area contributed by atoms with Crippen LogP contribution in [0.2, 0.25) is 0 Å². The van der Waals surface area contributed by atoms with E-state index in [1.165, 1.54) is 51.1 Å². The molecule has 1 atom stereocenters. The number of para-hydroxylation sites is 1. The van der Waals surface area contributed by atoms with Gasteiger partial charge in [0.15, 0.2) is 17.5 Å². The van der Waals surface area contributed by atoms with Crippen LogP contribution in [0.25, 0.3) is 11.4 Å². The number of halogens is 3. The van der Waals surface area contributed by atoms with Crippen molar-refractivity contribution in [2.45, 2.75) is 12.2 Å². The Kier molecular flexibility index (Phi) is 4.83. The quantitative estimate of drug-likeness (QED) is 0.684. The van der Waals surface area contributed by atoms with Crippen LogP contribution >= 0.6 is 0 Å².